The van der Waals surface area contributed by atoms with E-state index < -0.39 is 9.92 Å². The summed E-state index contributed by atoms with van der Waals surface area (Å²) in [4.78, 5) is 0. The van der Waals surface area contributed by atoms with E-state index in [1.54, 1.807) is 0 Å². The van der Waals surface area contributed by atoms with Gasteiger partial charge in [0.25, 0.3) is 0 Å². The van der Waals surface area contributed by atoms with Crippen molar-refractivity contribution in [2.24, 2.45) is 0 Å². The van der Waals surface area contributed by atoms with E-state index in [0.717, 1.165) is 19.4 Å². The van der Waals surface area contributed by atoms with Gasteiger partial charge in [-0.15, -0.1) is 0 Å². The maximum Gasteiger partial charge on any atom is 0.381 e. The van der Waals surface area contributed by atoms with E-state index in [2.05, 4.69) is 28.5 Å². The third-order valence-electron chi connectivity index (χ3n) is 2.14. The first-order valence-corrected chi connectivity index (χ1v) is 6.33. The first-order chi connectivity index (χ1) is 6.83. The number of hydrogen-bond acceptors (Lipinski definition) is 1. The Kier molecular flexibility index (Phi) is 7.38. The number of rotatable bonds is 6. The summed E-state index contributed by atoms with van der Waals surface area (Å²) in [5.74, 6) is 1.31. The standard InChI is InChI=1S/C10H19N2OSi.ClH/c1-4-7-10-11(5-2)8-9-12(10)14-13-6-3;/h5,8-9H,2,4,6-7,14H2,1,3H3;1H/q+1;/p-1. The second kappa shape index (κ2) is 7.68. The van der Waals surface area contributed by atoms with Crippen LogP contribution in [0.2, 0.25) is 0 Å². The minimum Gasteiger partial charge on any atom is -1.00 e. The van der Waals surface area contributed by atoms with Gasteiger partial charge in [0, 0.05) is 13.0 Å². The van der Waals surface area contributed by atoms with Crippen molar-refractivity contribution in [2.75, 3.05) is 6.61 Å². The summed E-state index contributed by atoms with van der Waals surface area (Å²) in [6, 6.07) is 0. The second-order valence-corrected chi connectivity index (χ2v) is 4.49. The Bertz CT molecular complexity index is 302. The third-order valence-corrected chi connectivity index (χ3v) is 3.59. The highest BCUT2D eigenvalue weighted by molar-refractivity contribution is 6.15. The average molecular weight is 247 g/mol. The van der Waals surface area contributed by atoms with Gasteiger partial charge in [0.1, 0.15) is 12.4 Å². The quantitative estimate of drug-likeness (QED) is 0.518. The molecule has 0 atom stereocenters. The van der Waals surface area contributed by atoms with Gasteiger partial charge in [0.05, 0.1) is 6.20 Å². The molecule has 86 valence electrons. The maximum absolute atomic E-state index is 5.52. The minimum absolute atomic E-state index is 0. The Morgan fingerprint density at radius 2 is 2.33 bits per heavy atom. The first-order valence-electron chi connectivity index (χ1n) is 5.12. The molecule has 0 saturated heterocycles. The lowest BCUT2D eigenvalue weighted by molar-refractivity contribution is -0.549. The van der Waals surface area contributed by atoms with Gasteiger partial charge in [-0.2, -0.15) is 0 Å². The lowest BCUT2D eigenvalue weighted by Crippen LogP contribution is -3.00. The molecule has 0 bridgehead atoms. The lowest BCUT2D eigenvalue weighted by Gasteiger charge is -2.01. The summed E-state index contributed by atoms with van der Waals surface area (Å²) in [6.45, 7) is 8.83. The number of aromatic nitrogens is 2. The topological polar surface area (TPSA) is 18.0 Å². The molecule has 0 aliphatic rings. The zero-order valence-electron chi connectivity index (χ0n) is 9.45. The molecule has 0 radical (unpaired) electrons. The van der Waals surface area contributed by atoms with Gasteiger partial charge in [-0.1, -0.05) is 13.5 Å². The molecule has 0 N–H and O–H groups in total. The van der Waals surface area contributed by atoms with E-state index in [1.807, 2.05) is 19.3 Å². The van der Waals surface area contributed by atoms with Crippen LogP contribution in [0.3, 0.4) is 0 Å². The van der Waals surface area contributed by atoms with Gasteiger partial charge in [0.2, 0.25) is 5.82 Å². The molecule has 0 saturated carbocycles. The predicted octanol–water partition coefficient (Wildman–Crippen LogP) is -2.28. The van der Waals surface area contributed by atoms with Crippen molar-refractivity contribution in [1.29, 1.82) is 0 Å². The predicted molar refractivity (Wildman–Crippen MR) is 60.6 cm³/mol. The number of imidazole rings is 1. The van der Waals surface area contributed by atoms with Crippen LogP contribution in [0.15, 0.2) is 19.0 Å². The molecule has 1 heterocycles. The fourth-order valence-corrected chi connectivity index (χ4v) is 2.47. The molecule has 0 spiro atoms. The first kappa shape index (κ1) is 14.4. The number of halogens is 1. The van der Waals surface area contributed by atoms with Crippen molar-refractivity contribution >= 4 is 16.1 Å². The van der Waals surface area contributed by atoms with Crippen LogP contribution in [-0.4, -0.2) is 21.1 Å². The monoisotopic (exact) mass is 246 g/mol. The lowest BCUT2D eigenvalue weighted by atomic mass is 10.3. The molecule has 0 unspecified atom stereocenters. The molecule has 1 rings (SSSR count). The van der Waals surface area contributed by atoms with Crippen LogP contribution in [-0.2, 0) is 10.8 Å². The van der Waals surface area contributed by atoms with Gasteiger partial charge < -0.3 is 16.8 Å². The minimum atomic E-state index is -0.601. The van der Waals surface area contributed by atoms with Gasteiger partial charge in [0.15, 0.2) is 0 Å². The Labute approximate surface area is 100 Å². The molecule has 0 fully saturated rings. The van der Waals surface area contributed by atoms with E-state index in [4.69, 9.17) is 4.43 Å². The van der Waals surface area contributed by atoms with Crippen LogP contribution in [0.5, 0.6) is 0 Å². The molecule has 15 heavy (non-hydrogen) atoms. The van der Waals surface area contributed by atoms with Crippen LogP contribution < -0.4 is 16.6 Å². The van der Waals surface area contributed by atoms with Crippen molar-refractivity contribution in [3.8, 4) is 0 Å². The Morgan fingerprint density at radius 3 is 2.87 bits per heavy atom. The van der Waals surface area contributed by atoms with Gasteiger partial charge in [-0.05, 0) is 13.3 Å². The van der Waals surface area contributed by atoms with Crippen molar-refractivity contribution < 1.29 is 21.1 Å². The Morgan fingerprint density at radius 1 is 1.60 bits per heavy atom. The van der Waals surface area contributed by atoms with Gasteiger partial charge >= 0.3 is 9.92 Å². The number of nitrogens with zero attached hydrogens (tertiary/aromatic N) is 2. The van der Waals surface area contributed by atoms with Crippen LogP contribution in [0.1, 0.15) is 26.1 Å². The van der Waals surface area contributed by atoms with E-state index in [0.29, 0.717) is 0 Å². The van der Waals surface area contributed by atoms with Gasteiger partial charge in [-0.25, -0.2) is 4.57 Å². The van der Waals surface area contributed by atoms with Crippen molar-refractivity contribution in [3.63, 3.8) is 0 Å². The van der Waals surface area contributed by atoms with E-state index >= 15 is 0 Å². The number of hydrogen-bond donors (Lipinski definition) is 0. The zero-order chi connectivity index (χ0) is 10.4. The fraction of sp³-hybridized carbons (Fsp3) is 0.500. The molecule has 3 nitrogen and oxygen atoms in total. The summed E-state index contributed by atoms with van der Waals surface area (Å²) in [5, 5.41) is 0. The molecule has 5 heteroatoms. The summed E-state index contributed by atoms with van der Waals surface area (Å²) in [5.41, 5.74) is 0. The third kappa shape index (κ3) is 3.81. The molecule has 1 aromatic rings. The molecule has 1 aromatic heterocycles. The smallest absolute Gasteiger partial charge is 0.381 e. The van der Waals surface area contributed by atoms with E-state index in [9.17, 15) is 0 Å². The Balaban J connectivity index is 0.00000196. The summed E-state index contributed by atoms with van der Waals surface area (Å²) in [7, 11) is -0.601. The Hall–Kier alpha value is -0.583. The molecular weight excluding hydrogens is 228 g/mol. The van der Waals surface area contributed by atoms with Crippen LogP contribution >= 0.6 is 0 Å². The van der Waals surface area contributed by atoms with Crippen molar-refractivity contribution in [3.05, 3.63) is 24.8 Å². The average Bonchev–Trinajstić information content (AvgIpc) is 2.58. The maximum atomic E-state index is 5.52. The molecular formula is C10H19ClN2OSi. The molecule has 0 aliphatic heterocycles. The largest absolute Gasteiger partial charge is 1.00 e. The normalized spacial score (nSPS) is 10.5. The van der Waals surface area contributed by atoms with Crippen molar-refractivity contribution in [1.82, 2.24) is 4.57 Å². The van der Waals surface area contributed by atoms with Crippen LogP contribution in [0, 0.1) is 0 Å². The highest BCUT2D eigenvalue weighted by Gasteiger charge is 2.13. The van der Waals surface area contributed by atoms with Crippen LogP contribution in [0.25, 0.3) is 6.20 Å². The fourth-order valence-electron chi connectivity index (χ4n) is 1.44. The zero-order valence-corrected chi connectivity index (χ0v) is 11.6. The SMILES string of the molecule is C=Cn1cc[n+]([SiH2]OCC)c1CCC.[Cl-]. The highest BCUT2D eigenvalue weighted by atomic mass is 35.5. The molecule has 0 aliphatic carbocycles. The molecule has 0 amide bonds. The summed E-state index contributed by atoms with van der Waals surface area (Å²) < 4.78 is 9.86. The summed E-state index contributed by atoms with van der Waals surface area (Å²) in [6.07, 6.45) is 8.22. The van der Waals surface area contributed by atoms with Gasteiger partial charge in [-0.3, -0.25) is 4.23 Å². The second-order valence-electron chi connectivity index (χ2n) is 3.15. The summed E-state index contributed by atoms with van der Waals surface area (Å²) >= 11 is 0. The highest BCUT2D eigenvalue weighted by Crippen LogP contribution is 1.99. The van der Waals surface area contributed by atoms with E-state index in [-0.39, 0.29) is 12.4 Å². The van der Waals surface area contributed by atoms with Crippen LogP contribution in [0.4, 0.5) is 0 Å². The molecule has 0 aromatic carbocycles. The van der Waals surface area contributed by atoms with Crippen molar-refractivity contribution in [2.45, 2.75) is 26.7 Å². The van der Waals surface area contributed by atoms with E-state index in [1.165, 1.54) is 5.82 Å².